The van der Waals surface area contributed by atoms with Crippen LogP contribution >= 0.6 is 0 Å². The van der Waals surface area contributed by atoms with Crippen LogP contribution in [-0.2, 0) is 14.3 Å². The Labute approximate surface area is 87.8 Å². The van der Waals surface area contributed by atoms with Crippen LogP contribution in [0.3, 0.4) is 0 Å². The molecular formula is C9H16O6. The van der Waals surface area contributed by atoms with Crippen LogP contribution in [0.4, 0.5) is 0 Å². The molecule has 0 aromatic carbocycles. The summed E-state index contributed by atoms with van der Waals surface area (Å²) >= 11 is 0. The molecule has 0 saturated heterocycles. The van der Waals surface area contributed by atoms with Crippen LogP contribution in [0.1, 0.15) is 13.8 Å². The number of aliphatic carboxylic acids is 1. The van der Waals surface area contributed by atoms with E-state index in [0.29, 0.717) is 5.57 Å². The first-order chi connectivity index (χ1) is 6.82. The molecule has 0 aromatic rings. The summed E-state index contributed by atoms with van der Waals surface area (Å²) in [5.74, 6) is -1.64. The van der Waals surface area contributed by atoms with E-state index < -0.39 is 18.0 Å². The molecule has 0 spiro atoms. The van der Waals surface area contributed by atoms with Crippen LogP contribution in [0.2, 0.25) is 0 Å². The fourth-order valence-corrected chi connectivity index (χ4v) is 0.262. The minimum atomic E-state index is -1.23. The first kappa shape index (κ1) is 16.0. The van der Waals surface area contributed by atoms with Gasteiger partial charge in [-0.2, -0.15) is 0 Å². The fraction of sp³-hybridized carbons (Fsp3) is 0.556. The Bertz CT molecular complexity index is 221. The number of carboxylic acids is 1. The molecule has 0 aromatic heterocycles. The van der Waals surface area contributed by atoms with Crippen molar-refractivity contribution < 1.29 is 29.6 Å². The summed E-state index contributed by atoms with van der Waals surface area (Å²) in [5, 5.41) is 24.0. The number of ether oxygens (including phenoxy) is 1. The maximum atomic E-state index is 10.5. The van der Waals surface area contributed by atoms with Crippen molar-refractivity contribution in [2.75, 3.05) is 13.2 Å². The molecule has 6 heteroatoms. The maximum Gasteiger partial charge on any atom is 0.333 e. The molecule has 3 N–H and O–H groups in total. The molecule has 0 aliphatic heterocycles. The van der Waals surface area contributed by atoms with Gasteiger partial charge in [-0.15, -0.1) is 0 Å². The third-order valence-electron chi connectivity index (χ3n) is 1.03. The van der Waals surface area contributed by atoms with Gasteiger partial charge in [0.1, 0.15) is 12.7 Å². The Morgan fingerprint density at radius 3 is 2.07 bits per heavy atom. The van der Waals surface area contributed by atoms with Crippen LogP contribution in [0.5, 0.6) is 0 Å². The summed E-state index contributed by atoms with van der Waals surface area (Å²) < 4.78 is 4.46. The molecule has 1 unspecified atom stereocenters. The number of rotatable bonds is 4. The molecule has 0 heterocycles. The van der Waals surface area contributed by atoms with Crippen LogP contribution in [0.25, 0.3) is 0 Å². The summed E-state index contributed by atoms with van der Waals surface area (Å²) in [6, 6.07) is 0. The zero-order valence-electron chi connectivity index (χ0n) is 8.77. The van der Waals surface area contributed by atoms with Crippen LogP contribution < -0.4 is 0 Å². The number of hydrogen-bond donors (Lipinski definition) is 3. The molecule has 0 aliphatic carbocycles. The summed E-state index contributed by atoms with van der Waals surface area (Å²) in [7, 11) is 0. The van der Waals surface area contributed by atoms with Gasteiger partial charge in [0.15, 0.2) is 0 Å². The van der Waals surface area contributed by atoms with Crippen molar-refractivity contribution in [3.8, 4) is 0 Å². The molecule has 0 bridgehead atoms. The minimum absolute atomic E-state index is 0.0473. The second kappa shape index (κ2) is 9.17. The highest BCUT2D eigenvalue weighted by Gasteiger charge is 2.01. The molecular weight excluding hydrogens is 204 g/mol. The van der Waals surface area contributed by atoms with Gasteiger partial charge in [0.05, 0.1) is 6.61 Å². The van der Waals surface area contributed by atoms with Gasteiger partial charge in [-0.1, -0.05) is 6.58 Å². The highest BCUT2D eigenvalue weighted by Crippen LogP contribution is 1.89. The second-order valence-corrected chi connectivity index (χ2v) is 2.65. The number of hydrogen-bond acceptors (Lipinski definition) is 5. The lowest BCUT2D eigenvalue weighted by Crippen LogP contribution is -2.13. The van der Waals surface area contributed by atoms with Crippen molar-refractivity contribution in [3.63, 3.8) is 0 Å². The number of aliphatic hydroxyl groups excluding tert-OH is 2. The Morgan fingerprint density at radius 2 is 1.87 bits per heavy atom. The molecule has 0 radical (unpaired) electrons. The van der Waals surface area contributed by atoms with Gasteiger partial charge in [0.25, 0.3) is 0 Å². The molecule has 0 saturated carbocycles. The van der Waals surface area contributed by atoms with Crippen LogP contribution in [0, 0.1) is 0 Å². The monoisotopic (exact) mass is 220 g/mol. The number of carbonyl (C=O) groups is 2. The minimum Gasteiger partial charge on any atom is -0.479 e. The van der Waals surface area contributed by atoms with E-state index in [0.717, 1.165) is 0 Å². The smallest absolute Gasteiger partial charge is 0.333 e. The van der Waals surface area contributed by atoms with Crippen molar-refractivity contribution in [1.29, 1.82) is 0 Å². The lowest BCUT2D eigenvalue weighted by molar-refractivity contribution is -0.145. The van der Waals surface area contributed by atoms with Crippen molar-refractivity contribution in [2.45, 2.75) is 20.0 Å². The molecule has 0 rings (SSSR count). The Balaban J connectivity index is 0. The van der Waals surface area contributed by atoms with E-state index in [1.807, 2.05) is 0 Å². The van der Waals surface area contributed by atoms with Gasteiger partial charge >= 0.3 is 11.9 Å². The predicted molar refractivity (Wildman–Crippen MR) is 52.2 cm³/mol. The topological polar surface area (TPSA) is 104 Å². The third-order valence-corrected chi connectivity index (χ3v) is 1.03. The van der Waals surface area contributed by atoms with Crippen molar-refractivity contribution in [3.05, 3.63) is 12.2 Å². The largest absolute Gasteiger partial charge is 0.479 e. The Morgan fingerprint density at radius 1 is 1.47 bits per heavy atom. The summed E-state index contributed by atoms with van der Waals surface area (Å²) in [4.78, 5) is 19.9. The van der Waals surface area contributed by atoms with E-state index in [2.05, 4.69) is 11.3 Å². The SMILES string of the molecule is C=C(C)C(=O)OCCO.CC(O)C(=O)O. The normalized spacial score (nSPS) is 10.7. The highest BCUT2D eigenvalue weighted by molar-refractivity contribution is 5.86. The van der Waals surface area contributed by atoms with Gasteiger partial charge in [0.2, 0.25) is 0 Å². The lowest BCUT2D eigenvalue weighted by Gasteiger charge is -1.99. The van der Waals surface area contributed by atoms with E-state index in [1.165, 1.54) is 6.92 Å². The number of carboxylic acid groups (broad SMARTS) is 1. The maximum absolute atomic E-state index is 10.5. The van der Waals surface area contributed by atoms with E-state index in [4.69, 9.17) is 15.3 Å². The van der Waals surface area contributed by atoms with E-state index in [-0.39, 0.29) is 13.2 Å². The summed E-state index contributed by atoms with van der Waals surface area (Å²) in [6.45, 7) is 6.01. The molecule has 1 atom stereocenters. The van der Waals surface area contributed by atoms with Gasteiger partial charge in [0, 0.05) is 5.57 Å². The van der Waals surface area contributed by atoms with Gasteiger partial charge in [-0.25, -0.2) is 9.59 Å². The lowest BCUT2D eigenvalue weighted by atomic mass is 10.4. The number of aliphatic hydroxyl groups is 2. The second-order valence-electron chi connectivity index (χ2n) is 2.65. The number of esters is 1. The zero-order valence-corrected chi connectivity index (χ0v) is 8.77. The van der Waals surface area contributed by atoms with E-state index in [1.54, 1.807) is 6.92 Å². The van der Waals surface area contributed by atoms with Crippen molar-refractivity contribution in [1.82, 2.24) is 0 Å². The summed E-state index contributed by atoms with van der Waals surface area (Å²) in [6.07, 6.45) is -1.23. The Hall–Kier alpha value is -1.40. The molecule has 0 fully saturated rings. The summed E-state index contributed by atoms with van der Waals surface area (Å²) in [5.41, 5.74) is 0.350. The average Bonchev–Trinajstić information content (AvgIpc) is 2.14. The van der Waals surface area contributed by atoms with Gasteiger partial charge < -0.3 is 20.1 Å². The van der Waals surface area contributed by atoms with Gasteiger partial charge in [-0.3, -0.25) is 0 Å². The molecule has 0 amide bonds. The van der Waals surface area contributed by atoms with Crippen molar-refractivity contribution >= 4 is 11.9 Å². The van der Waals surface area contributed by atoms with E-state index >= 15 is 0 Å². The molecule has 0 aliphatic rings. The zero-order chi connectivity index (χ0) is 12.4. The van der Waals surface area contributed by atoms with E-state index in [9.17, 15) is 9.59 Å². The highest BCUT2D eigenvalue weighted by atomic mass is 16.5. The average molecular weight is 220 g/mol. The first-order valence-electron chi connectivity index (χ1n) is 4.17. The third kappa shape index (κ3) is 12.6. The Kier molecular flexibility index (Phi) is 9.81. The molecule has 15 heavy (non-hydrogen) atoms. The molecule has 88 valence electrons. The molecule has 6 nitrogen and oxygen atoms in total. The van der Waals surface area contributed by atoms with Crippen LogP contribution in [0.15, 0.2) is 12.2 Å². The number of carbonyl (C=O) groups excluding carboxylic acids is 1. The standard InChI is InChI=1S/C6H10O3.C3H6O3/c1-5(2)6(8)9-4-3-7;1-2(4)3(5)6/h7H,1,3-4H2,2H3;2,4H,1H3,(H,5,6). The quantitative estimate of drug-likeness (QED) is 0.438. The first-order valence-corrected chi connectivity index (χ1v) is 4.17. The van der Waals surface area contributed by atoms with Gasteiger partial charge in [-0.05, 0) is 13.8 Å². The fourth-order valence-electron chi connectivity index (χ4n) is 0.262. The van der Waals surface area contributed by atoms with Crippen molar-refractivity contribution in [2.24, 2.45) is 0 Å². The van der Waals surface area contributed by atoms with Crippen LogP contribution in [-0.4, -0.2) is 46.6 Å². The predicted octanol–water partition coefficient (Wildman–Crippen LogP) is -0.450.